The molecule has 1 spiro atoms. The Balaban J connectivity index is 1.58. The number of fused-ring (bicyclic) bond motifs is 2. The quantitative estimate of drug-likeness (QED) is 0.711. The molecule has 2 aliphatic carbocycles. The maximum Gasteiger partial charge on any atom is 0.248 e. The van der Waals surface area contributed by atoms with Crippen LogP contribution in [0.25, 0.3) is 0 Å². The summed E-state index contributed by atoms with van der Waals surface area (Å²) in [5.41, 5.74) is 1.45. The van der Waals surface area contributed by atoms with E-state index in [1.54, 1.807) is 16.3 Å². The molecule has 1 saturated heterocycles. The first-order valence-corrected chi connectivity index (χ1v) is 11.9. The largest absolute Gasteiger partial charge is 0.316 e. The molecule has 2 unspecified atom stereocenters. The van der Waals surface area contributed by atoms with E-state index in [-0.39, 0.29) is 41.9 Å². The van der Waals surface area contributed by atoms with Crippen LogP contribution >= 0.6 is 23.1 Å². The zero-order valence-corrected chi connectivity index (χ0v) is 17.7. The van der Waals surface area contributed by atoms with E-state index in [0.717, 1.165) is 43.5 Å². The van der Waals surface area contributed by atoms with Crippen molar-refractivity contribution in [3.05, 3.63) is 45.2 Å². The molecule has 2 atom stereocenters. The van der Waals surface area contributed by atoms with Crippen LogP contribution in [0.2, 0.25) is 0 Å². The second-order valence-corrected chi connectivity index (χ2v) is 10.2. The molecule has 2 aliphatic heterocycles. The molecule has 1 aromatic rings. The molecule has 0 bridgehead atoms. The molecule has 4 aliphatic rings. The molecule has 154 valence electrons. The van der Waals surface area contributed by atoms with Gasteiger partial charge in [-0.2, -0.15) is 5.10 Å². The summed E-state index contributed by atoms with van der Waals surface area (Å²) in [5, 5.41) is 12.1. The Hall–Kier alpha value is -1.51. The van der Waals surface area contributed by atoms with Crippen LogP contribution in [0.1, 0.15) is 49.0 Å². The van der Waals surface area contributed by atoms with Gasteiger partial charge in [-0.05, 0) is 61.7 Å². The molecular weight excluding hydrogens is 412 g/mol. The van der Waals surface area contributed by atoms with E-state index >= 15 is 0 Å². The molecule has 0 saturated carbocycles. The fourth-order valence-corrected chi connectivity index (χ4v) is 7.36. The molecule has 5 rings (SSSR count). The summed E-state index contributed by atoms with van der Waals surface area (Å²) < 4.78 is 28.6. The molecule has 1 aromatic heterocycles. The SMILES string of the molecule is O=C(C1CCCNC1)N1N=C(C2=C(F)CCC(F)=C2)SC12CCCc1ccsc12. The summed E-state index contributed by atoms with van der Waals surface area (Å²) in [6.45, 7) is 1.57. The van der Waals surface area contributed by atoms with Gasteiger partial charge in [-0.25, -0.2) is 13.8 Å². The van der Waals surface area contributed by atoms with Gasteiger partial charge in [0.25, 0.3) is 0 Å². The predicted molar refractivity (Wildman–Crippen MR) is 113 cm³/mol. The highest BCUT2D eigenvalue weighted by molar-refractivity contribution is 8.15. The van der Waals surface area contributed by atoms with Crippen molar-refractivity contribution in [2.75, 3.05) is 13.1 Å². The minimum absolute atomic E-state index is 0.0118. The number of rotatable bonds is 2. The summed E-state index contributed by atoms with van der Waals surface area (Å²) >= 11 is 3.07. The summed E-state index contributed by atoms with van der Waals surface area (Å²) in [6, 6.07) is 2.12. The Morgan fingerprint density at radius 1 is 1.28 bits per heavy atom. The Labute approximate surface area is 177 Å². The minimum Gasteiger partial charge on any atom is -0.316 e. The van der Waals surface area contributed by atoms with Crippen LogP contribution < -0.4 is 5.32 Å². The summed E-state index contributed by atoms with van der Waals surface area (Å²) in [6.07, 6.45) is 5.87. The topological polar surface area (TPSA) is 44.7 Å². The van der Waals surface area contributed by atoms with Crippen molar-refractivity contribution in [3.8, 4) is 0 Å². The molecular formula is C21H23F2N3OS2. The van der Waals surface area contributed by atoms with E-state index in [9.17, 15) is 13.6 Å². The lowest BCUT2D eigenvalue weighted by Gasteiger charge is -2.40. The fraction of sp³-hybridized carbons (Fsp3) is 0.524. The number of piperidine rings is 1. The van der Waals surface area contributed by atoms with Crippen molar-refractivity contribution < 1.29 is 13.6 Å². The number of aryl methyl sites for hydroxylation is 1. The molecule has 3 heterocycles. The number of halogens is 2. The van der Waals surface area contributed by atoms with Crippen LogP contribution in [0.15, 0.2) is 39.9 Å². The first-order chi connectivity index (χ1) is 14.1. The molecule has 1 N–H and O–H groups in total. The zero-order valence-electron chi connectivity index (χ0n) is 16.0. The number of thiophene rings is 1. The van der Waals surface area contributed by atoms with Crippen molar-refractivity contribution >= 4 is 34.0 Å². The molecule has 1 amide bonds. The van der Waals surface area contributed by atoms with Crippen molar-refractivity contribution in [2.24, 2.45) is 11.0 Å². The van der Waals surface area contributed by atoms with Gasteiger partial charge in [0, 0.05) is 29.8 Å². The third-order valence-corrected chi connectivity index (χ3v) is 8.77. The lowest BCUT2D eigenvalue weighted by molar-refractivity contribution is -0.139. The molecule has 8 heteroatoms. The number of nitrogens with zero attached hydrogens (tertiary/aromatic N) is 2. The van der Waals surface area contributed by atoms with Crippen molar-refractivity contribution in [3.63, 3.8) is 0 Å². The van der Waals surface area contributed by atoms with Crippen LogP contribution in [-0.2, 0) is 16.1 Å². The van der Waals surface area contributed by atoms with Crippen LogP contribution in [0.5, 0.6) is 0 Å². The summed E-state index contributed by atoms with van der Waals surface area (Å²) in [7, 11) is 0. The van der Waals surface area contributed by atoms with Crippen LogP contribution in [0.4, 0.5) is 8.78 Å². The molecule has 0 aromatic carbocycles. The number of hydrogen-bond donors (Lipinski definition) is 1. The van der Waals surface area contributed by atoms with E-state index in [2.05, 4.69) is 21.9 Å². The maximum absolute atomic E-state index is 14.6. The monoisotopic (exact) mass is 435 g/mol. The number of hydrogen-bond acceptors (Lipinski definition) is 5. The van der Waals surface area contributed by atoms with E-state index < -0.39 is 4.87 Å². The number of carbonyl (C=O) groups is 1. The Morgan fingerprint density at radius 2 is 2.17 bits per heavy atom. The summed E-state index contributed by atoms with van der Waals surface area (Å²) in [5.74, 6) is -0.821. The van der Waals surface area contributed by atoms with Crippen LogP contribution in [0.3, 0.4) is 0 Å². The van der Waals surface area contributed by atoms with Crippen molar-refractivity contribution in [1.82, 2.24) is 10.3 Å². The smallest absolute Gasteiger partial charge is 0.248 e. The van der Waals surface area contributed by atoms with E-state index in [1.165, 1.54) is 23.4 Å². The lowest BCUT2D eigenvalue weighted by Crippen LogP contribution is -2.48. The maximum atomic E-state index is 14.6. The number of hydrazone groups is 1. The highest BCUT2D eigenvalue weighted by Crippen LogP contribution is 2.56. The number of thioether (sulfide) groups is 1. The number of allylic oxidation sites excluding steroid dienone is 3. The predicted octanol–water partition coefficient (Wildman–Crippen LogP) is 5.00. The van der Waals surface area contributed by atoms with Gasteiger partial charge in [-0.15, -0.1) is 11.3 Å². The zero-order chi connectivity index (χ0) is 20.0. The Morgan fingerprint density at radius 3 is 3.00 bits per heavy atom. The third-order valence-electron chi connectivity index (χ3n) is 6.12. The van der Waals surface area contributed by atoms with Gasteiger partial charge >= 0.3 is 0 Å². The van der Waals surface area contributed by atoms with Gasteiger partial charge < -0.3 is 5.32 Å². The minimum atomic E-state index is -0.638. The molecule has 4 nitrogen and oxygen atoms in total. The van der Waals surface area contributed by atoms with Gasteiger partial charge in [-0.1, -0.05) is 11.8 Å². The summed E-state index contributed by atoms with van der Waals surface area (Å²) in [4.78, 5) is 14.0. The molecule has 29 heavy (non-hydrogen) atoms. The standard InChI is InChI=1S/C21H23F2N3OS2/c22-15-5-6-17(23)16(11-15)19-25-26(20(27)14-4-2-9-24-12-14)21(29-19)8-1-3-13-7-10-28-18(13)21/h7,10-11,14,24H,1-6,8-9,12H2. The normalized spacial score (nSPS) is 29.7. The Bertz CT molecular complexity index is 932. The lowest BCUT2D eigenvalue weighted by atomic mass is 9.92. The van der Waals surface area contributed by atoms with Gasteiger partial charge in [0.2, 0.25) is 5.91 Å². The van der Waals surface area contributed by atoms with Gasteiger partial charge in [0.05, 0.1) is 5.92 Å². The highest BCUT2D eigenvalue weighted by atomic mass is 32.2. The van der Waals surface area contributed by atoms with Gasteiger partial charge in [0.15, 0.2) is 4.87 Å². The van der Waals surface area contributed by atoms with Gasteiger partial charge in [-0.3, -0.25) is 4.79 Å². The third kappa shape index (κ3) is 3.29. The average molecular weight is 436 g/mol. The second-order valence-electron chi connectivity index (χ2n) is 8.02. The highest BCUT2D eigenvalue weighted by Gasteiger charge is 2.53. The second kappa shape index (κ2) is 7.63. The van der Waals surface area contributed by atoms with E-state index in [1.807, 2.05) is 0 Å². The fourth-order valence-electron chi connectivity index (χ4n) is 4.62. The molecule has 1 fully saturated rings. The van der Waals surface area contributed by atoms with Crippen molar-refractivity contribution in [1.29, 1.82) is 0 Å². The van der Waals surface area contributed by atoms with Crippen molar-refractivity contribution in [2.45, 2.75) is 49.8 Å². The average Bonchev–Trinajstić information content (AvgIpc) is 3.36. The number of amides is 1. The van der Waals surface area contributed by atoms with E-state index in [0.29, 0.717) is 11.6 Å². The first kappa shape index (κ1) is 19.5. The van der Waals surface area contributed by atoms with Gasteiger partial charge in [0.1, 0.15) is 16.7 Å². The molecule has 0 radical (unpaired) electrons. The number of nitrogens with one attached hydrogen (secondary N) is 1. The van der Waals surface area contributed by atoms with Crippen LogP contribution in [0, 0.1) is 5.92 Å². The van der Waals surface area contributed by atoms with E-state index in [4.69, 9.17) is 0 Å². The first-order valence-electron chi connectivity index (χ1n) is 10.2. The number of carbonyl (C=O) groups excluding carboxylic acids is 1. The Kier molecular flexibility index (Phi) is 5.12. The van der Waals surface area contributed by atoms with Crippen LogP contribution in [-0.4, -0.2) is 29.0 Å².